The number of rotatable bonds is 8. The van der Waals surface area contributed by atoms with Gasteiger partial charge in [-0.3, -0.25) is 0 Å². The summed E-state index contributed by atoms with van der Waals surface area (Å²) >= 11 is 0. The Morgan fingerprint density at radius 1 is 0.955 bits per heavy atom. The van der Waals surface area contributed by atoms with Gasteiger partial charge in [0.15, 0.2) is 0 Å². The standard InChI is InChI=1S/C18H22O4/c1-13(2)17(19)21-11-16(12-22-18(20)14(3)4)10-15-8-6-5-7-9-15/h5-9,16H,1,3,10-12H2,2,4H3. The molecule has 118 valence electrons. The normalized spacial score (nSPS) is 10.1. The summed E-state index contributed by atoms with van der Waals surface area (Å²) in [7, 11) is 0. The molecule has 0 N–H and O–H groups in total. The van der Waals surface area contributed by atoms with Crippen molar-refractivity contribution in [1.29, 1.82) is 0 Å². The molecule has 1 aromatic carbocycles. The van der Waals surface area contributed by atoms with Crippen molar-refractivity contribution in [2.75, 3.05) is 13.2 Å². The molecule has 0 aliphatic carbocycles. The van der Waals surface area contributed by atoms with Gasteiger partial charge in [0, 0.05) is 17.1 Å². The van der Waals surface area contributed by atoms with Gasteiger partial charge in [-0.05, 0) is 25.8 Å². The first kappa shape index (κ1) is 17.7. The minimum atomic E-state index is -0.440. The molecule has 4 heteroatoms. The molecule has 4 nitrogen and oxygen atoms in total. The lowest BCUT2D eigenvalue weighted by Gasteiger charge is -2.17. The van der Waals surface area contributed by atoms with Crippen LogP contribution in [0.15, 0.2) is 54.6 Å². The Labute approximate surface area is 131 Å². The fourth-order valence-corrected chi connectivity index (χ4v) is 1.75. The van der Waals surface area contributed by atoms with E-state index in [4.69, 9.17) is 9.47 Å². The summed E-state index contributed by atoms with van der Waals surface area (Å²) in [5.41, 5.74) is 1.78. The fourth-order valence-electron chi connectivity index (χ4n) is 1.75. The molecule has 0 fully saturated rings. The maximum atomic E-state index is 11.5. The predicted octanol–water partition coefficient (Wildman–Crippen LogP) is 3.08. The molecule has 0 aliphatic rings. The Kier molecular flexibility index (Phi) is 7.09. The van der Waals surface area contributed by atoms with Crippen LogP contribution >= 0.6 is 0 Å². The summed E-state index contributed by atoms with van der Waals surface area (Å²) in [5, 5.41) is 0. The van der Waals surface area contributed by atoms with E-state index < -0.39 is 11.9 Å². The van der Waals surface area contributed by atoms with Crippen molar-refractivity contribution in [2.45, 2.75) is 20.3 Å². The molecule has 0 aliphatic heterocycles. The number of carbonyl (C=O) groups excluding carboxylic acids is 2. The lowest BCUT2D eigenvalue weighted by molar-refractivity contribution is -0.144. The highest BCUT2D eigenvalue weighted by Gasteiger charge is 2.16. The minimum absolute atomic E-state index is 0.117. The predicted molar refractivity (Wildman–Crippen MR) is 85.2 cm³/mol. The quantitative estimate of drug-likeness (QED) is 0.547. The zero-order chi connectivity index (χ0) is 16.5. The van der Waals surface area contributed by atoms with Crippen LogP contribution in [0, 0.1) is 5.92 Å². The maximum absolute atomic E-state index is 11.5. The largest absolute Gasteiger partial charge is 0.462 e. The Hall–Kier alpha value is -2.36. The first-order valence-electron chi connectivity index (χ1n) is 7.09. The van der Waals surface area contributed by atoms with E-state index in [2.05, 4.69) is 13.2 Å². The van der Waals surface area contributed by atoms with E-state index in [1.54, 1.807) is 13.8 Å². The first-order chi connectivity index (χ1) is 10.4. The SMILES string of the molecule is C=C(C)C(=O)OCC(COC(=O)C(=C)C)Cc1ccccc1. The number of esters is 2. The fraction of sp³-hybridized carbons (Fsp3) is 0.333. The van der Waals surface area contributed by atoms with Crippen LogP contribution in [0.2, 0.25) is 0 Å². The summed E-state index contributed by atoms with van der Waals surface area (Å²) in [6.45, 7) is 10.6. The van der Waals surface area contributed by atoms with E-state index in [1.807, 2.05) is 30.3 Å². The van der Waals surface area contributed by atoms with Crippen LogP contribution in [-0.2, 0) is 25.5 Å². The molecule has 0 saturated heterocycles. The Morgan fingerprint density at radius 3 is 1.82 bits per heavy atom. The van der Waals surface area contributed by atoms with Crippen LogP contribution in [0.25, 0.3) is 0 Å². The van der Waals surface area contributed by atoms with Gasteiger partial charge in [-0.15, -0.1) is 0 Å². The average Bonchev–Trinajstić information content (AvgIpc) is 2.49. The molecule has 22 heavy (non-hydrogen) atoms. The molecule has 1 aromatic rings. The molecule has 0 amide bonds. The van der Waals surface area contributed by atoms with Crippen LogP contribution in [-0.4, -0.2) is 25.2 Å². The Balaban J connectivity index is 2.63. The number of benzene rings is 1. The second-order valence-electron chi connectivity index (χ2n) is 5.31. The number of hydrogen-bond acceptors (Lipinski definition) is 4. The van der Waals surface area contributed by atoms with Crippen molar-refractivity contribution in [1.82, 2.24) is 0 Å². The molecule has 0 saturated carbocycles. The van der Waals surface area contributed by atoms with Gasteiger partial charge in [-0.2, -0.15) is 0 Å². The Morgan fingerprint density at radius 2 is 1.41 bits per heavy atom. The second-order valence-corrected chi connectivity index (χ2v) is 5.31. The van der Waals surface area contributed by atoms with Crippen LogP contribution in [0.4, 0.5) is 0 Å². The molecule has 0 heterocycles. The number of carbonyl (C=O) groups is 2. The number of ether oxygens (including phenoxy) is 2. The van der Waals surface area contributed by atoms with Crippen LogP contribution in [0.5, 0.6) is 0 Å². The van der Waals surface area contributed by atoms with Gasteiger partial charge in [-0.25, -0.2) is 9.59 Å². The van der Waals surface area contributed by atoms with Crippen molar-refractivity contribution >= 4 is 11.9 Å². The zero-order valence-corrected chi connectivity index (χ0v) is 13.1. The second kappa shape index (κ2) is 8.82. The first-order valence-corrected chi connectivity index (χ1v) is 7.09. The topological polar surface area (TPSA) is 52.6 Å². The van der Waals surface area contributed by atoms with Crippen LogP contribution < -0.4 is 0 Å². The van der Waals surface area contributed by atoms with E-state index in [-0.39, 0.29) is 19.1 Å². The summed E-state index contributed by atoms with van der Waals surface area (Å²) in [6, 6.07) is 9.77. The molecule has 1 rings (SSSR count). The van der Waals surface area contributed by atoms with Crippen molar-refractivity contribution in [3.63, 3.8) is 0 Å². The van der Waals surface area contributed by atoms with Gasteiger partial charge in [0.1, 0.15) is 0 Å². The lowest BCUT2D eigenvalue weighted by Crippen LogP contribution is -2.23. The number of hydrogen-bond donors (Lipinski definition) is 0. The highest BCUT2D eigenvalue weighted by atomic mass is 16.5. The van der Waals surface area contributed by atoms with Gasteiger partial charge < -0.3 is 9.47 Å². The molecule has 0 bridgehead atoms. The van der Waals surface area contributed by atoms with Gasteiger partial charge in [0.05, 0.1) is 13.2 Å². The lowest BCUT2D eigenvalue weighted by atomic mass is 10.0. The third-order valence-electron chi connectivity index (χ3n) is 2.96. The molecular formula is C18H22O4. The minimum Gasteiger partial charge on any atom is -0.462 e. The van der Waals surface area contributed by atoms with Gasteiger partial charge in [0.2, 0.25) is 0 Å². The third kappa shape index (κ3) is 6.39. The van der Waals surface area contributed by atoms with Gasteiger partial charge in [-0.1, -0.05) is 43.5 Å². The summed E-state index contributed by atoms with van der Waals surface area (Å²) in [5.74, 6) is -0.998. The average molecular weight is 302 g/mol. The molecule has 0 atom stereocenters. The van der Waals surface area contributed by atoms with Crippen LogP contribution in [0.1, 0.15) is 19.4 Å². The van der Waals surface area contributed by atoms with E-state index in [0.717, 1.165) is 5.56 Å². The maximum Gasteiger partial charge on any atom is 0.333 e. The van der Waals surface area contributed by atoms with E-state index in [0.29, 0.717) is 17.6 Å². The smallest absolute Gasteiger partial charge is 0.333 e. The van der Waals surface area contributed by atoms with Gasteiger partial charge in [0.25, 0.3) is 0 Å². The van der Waals surface area contributed by atoms with E-state index in [1.165, 1.54) is 0 Å². The monoisotopic (exact) mass is 302 g/mol. The molecule has 0 spiro atoms. The molecule has 0 radical (unpaired) electrons. The van der Waals surface area contributed by atoms with Crippen molar-refractivity contribution in [2.24, 2.45) is 5.92 Å². The van der Waals surface area contributed by atoms with Crippen molar-refractivity contribution in [3.8, 4) is 0 Å². The molecular weight excluding hydrogens is 280 g/mol. The van der Waals surface area contributed by atoms with E-state index in [9.17, 15) is 9.59 Å². The highest BCUT2D eigenvalue weighted by Crippen LogP contribution is 2.11. The highest BCUT2D eigenvalue weighted by molar-refractivity contribution is 5.87. The van der Waals surface area contributed by atoms with E-state index >= 15 is 0 Å². The molecule has 0 aromatic heterocycles. The van der Waals surface area contributed by atoms with Crippen molar-refractivity contribution < 1.29 is 19.1 Å². The third-order valence-corrected chi connectivity index (χ3v) is 2.96. The Bertz CT molecular complexity index is 515. The molecule has 0 unspecified atom stereocenters. The summed E-state index contributed by atoms with van der Waals surface area (Å²) in [4.78, 5) is 23.0. The summed E-state index contributed by atoms with van der Waals surface area (Å²) in [6.07, 6.45) is 0.647. The summed E-state index contributed by atoms with van der Waals surface area (Å²) < 4.78 is 10.4. The van der Waals surface area contributed by atoms with Gasteiger partial charge >= 0.3 is 11.9 Å². The zero-order valence-electron chi connectivity index (χ0n) is 13.1. The van der Waals surface area contributed by atoms with Crippen molar-refractivity contribution in [3.05, 3.63) is 60.2 Å². The van der Waals surface area contributed by atoms with Crippen LogP contribution in [0.3, 0.4) is 0 Å².